The fraction of sp³-hybridized carbons (Fsp3) is 0.462. The summed E-state index contributed by atoms with van der Waals surface area (Å²) < 4.78 is 0. The molecule has 0 spiro atoms. The first-order valence-electron chi connectivity index (χ1n) is 5.91. The molecule has 1 aliphatic rings. The van der Waals surface area contributed by atoms with E-state index in [9.17, 15) is 9.90 Å². The summed E-state index contributed by atoms with van der Waals surface area (Å²) in [6, 6.07) is 6.82. The van der Waals surface area contributed by atoms with Gasteiger partial charge in [0.2, 0.25) is 0 Å². The molecule has 1 N–H and O–H groups in total. The number of carbonyl (C=O) groups excluding carboxylic acids is 1. The molecule has 1 heterocycles. The van der Waals surface area contributed by atoms with Crippen LogP contribution in [0.1, 0.15) is 30.9 Å². The van der Waals surface area contributed by atoms with Gasteiger partial charge in [0, 0.05) is 18.1 Å². The lowest BCUT2D eigenvalue weighted by molar-refractivity contribution is -0.141. The zero-order valence-electron chi connectivity index (χ0n) is 9.60. The van der Waals surface area contributed by atoms with Gasteiger partial charge in [-0.2, -0.15) is 0 Å². The van der Waals surface area contributed by atoms with Gasteiger partial charge < -0.3 is 10.0 Å². The van der Waals surface area contributed by atoms with Crippen molar-refractivity contribution in [2.45, 2.75) is 25.4 Å². The first-order valence-corrected chi connectivity index (χ1v) is 6.28. The number of rotatable bonds is 2. The first-order chi connectivity index (χ1) is 8.18. The Bertz CT molecular complexity index is 402. The molecule has 0 bridgehead atoms. The molecule has 1 unspecified atom stereocenters. The van der Waals surface area contributed by atoms with Crippen LogP contribution in [0, 0.1) is 0 Å². The van der Waals surface area contributed by atoms with Crippen LogP contribution in [-0.4, -0.2) is 29.0 Å². The lowest BCUT2D eigenvalue weighted by atomic mass is 10.1. The second kappa shape index (κ2) is 5.52. The van der Waals surface area contributed by atoms with Crippen LogP contribution in [0.25, 0.3) is 0 Å². The molecule has 2 rings (SSSR count). The Morgan fingerprint density at radius 2 is 2.00 bits per heavy atom. The molecular weight excluding hydrogens is 238 g/mol. The van der Waals surface area contributed by atoms with E-state index >= 15 is 0 Å². The minimum absolute atomic E-state index is 0.216. The van der Waals surface area contributed by atoms with Crippen molar-refractivity contribution in [1.82, 2.24) is 4.90 Å². The molecule has 0 saturated carbocycles. The highest BCUT2D eigenvalue weighted by Crippen LogP contribution is 2.21. The molecule has 1 atom stereocenters. The molecule has 1 aliphatic heterocycles. The fourth-order valence-electron chi connectivity index (χ4n) is 2.11. The van der Waals surface area contributed by atoms with Gasteiger partial charge in [-0.05, 0) is 37.0 Å². The minimum Gasteiger partial charge on any atom is -0.378 e. The van der Waals surface area contributed by atoms with Gasteiger partial charge >= 0.3 is 0 Å². The van der Waals surface area contributed by atoms with Crippen LogP contribution in [0.2, 0.25) is 5.02 Å². The van der Waals surface area contributed by atoms with E-state index in [0.717, 1.165) is 32.4 Å². The normalized spacial score (nSPS) is 17.9. The van der Waals surface area contributed by atoms with Gasteiger partial charge in [0.1, 0.15) is 0 Å². The standard InChI is InChI=1S/C13H16ClNO2/c14-11-6-4-5-10(9-11)12(16)13(17)15-7-2-1-3-8-15/h4-6,9,12,16H,1-3,7-8H2. The van der Waals surface area contributed by atoms with Crippen LogP contribution in [0.5, 0.6) is 0 Å². The molecular formula is C13H16ClNO2. The number of nitrogens with zero attached hydrogens (tertiary/aromatic N) is 1. The van der Waals surface area contributed by atoms with E-state index in [1.807, 2.05) is 0 Å². The maximum absolute atomic E-state index is 12.0. The molecule has 1 aromatic rings. The monoisotopic (exact) mass is 253 g/mol. The molecule has 92 valence electrons. The van der Waals surface area contributed by atoms with Gasteiger partial charge in [-0.1, -0.05) is 23.7 Å². The molecule has 0 aromatic heterocycles. The number of halogens is 1. The zero-order valence-corrected chi connectivity index (χ0v) is 10.4. The van der Waals surface area contributed by atoms with E-state index < -0.39 is 6.10 Å². The number of piperidine rings is 1. The van der Waals surface area contributed by atoms with Crippen molar-refractivity contribution in [3.05, 3.63) is 34.9 Å². The fourth-order valence-corrected chi connectivity index (χ4v) is 2.31. The Kier molecular flexibility index (Phi) is 4.02. The van der Waals surface area contributed by atoms with Crippen molar-refractivity contribution in [3.8, 4) is 0 Å². The van der Waals surface area contributed by atoms with E-state index in [4.69, 9.17) is 11.6 Å². The minimum atomic E-state index is -1.09. The van der Waals surface area contributed by atoms with Crippen LogP contribution in [-0.2, 0) is 4.79 Å². The van der Waals surface area contributed by atoms with Crippen LogP contribution in [0.4, 0.5) is 0 Å². The summed E-state index contributed by atoms with van der Waals surface area (Å²) in [6.07, 6.45) is 2.12. The topological polar surface area (TPSA) is 40.5 Å². The molecule has 0 radical (unpaired) electrons. The van der Waals surface area contributed by atoms with Crippen LogP contribution in [0.15, 0.2) is 24.3 Å². The highest BCUT2D eigenvalue weighted by atomic mass is 35.5. The van der Waals surface area contributed by atoms with E-state index in [1.54, 1.807) is 29.2 Å². The number of hydrogen-bond acceptors (Lipinski definition) is 2. The Morgan fingerprint density at radius 1 is 1.29 bits per heavy atom. The summed E-state index contributed by atoms with van der Waals surface area (Å²) >= 11 is 5.84. The van der Waals surface area contributed by atoms with Crippen molar-refractivity contribution in [2.24, 2.45) is 0 Å². The van der Waals surface area contributed by atoms with Gasteiger partial charge in [-0.3, -0.25) is 4.79 Å². The van der Waals surface area contributed by atoms with Crippen LogP contribution in [0.3, 0.4) is 0 Å². The smallest absolute Gasteiger partial charge is 0.256 e. The van der Waals surface area contributed by atoms with E-state index in [2.05, 4.69) is 0 Å². The average molecular weight is 254 g/mol. The maximum atomic E-state index is 12.0. The van der Waals surface area contributed by atoms with Crippen molar-refractivity contribution >= 4 is 17.5 Å². The first kappa shape index (κ1) is 12.4. The number of benzene rings is 1. The molecule has 1 fully saturated rings. The molecule has 4 heteroatoms. The lowest BCUT2D eigenvalue weighted by Gasteiger charge is -2.28. The van der Waals surface area contributed by atoms with Crippen molar-refractivity contribution < 1.29 is 9.90 Å². The Hall–Kier alpha value is -1.06. The zero-order chi connectivity index (χ0) is 12.3. The summed E-state index contributed by atoms with van der Waals surface area (Å²) in [5.74, 6) is -0.216. The second-order valence-corrected chi connectivity index (χ2v) is 4.78. The van der Waals surface area contributed by atoms with Gasteiger partial charge in [0.25, 0.3) is 5.91 Å². The third-order valence-electron chi connectivity index (χ3n) is 3.07. The number of carbonyl (C=O) groups is 1. The Labute approximate surface area is 106 Å². The number of likely N-dealkylation sites (tertiary alicyclic amines) is 1. The van der Waals surface area contributed by atoms with Gasteiger partial charge in [0.15, 0.2) is 6.10 Å². The lowest BCUT2D eigenvalue weighted by Crippen LogP contribution is -2.38. The average Bonchev–Trinajstić information content (AvgIpc) is 2.38. The molecule has 0 aliphatic carbocycles. The Balaban J connectivity index is 2.08. The number of hydrogen-bond donors (Lipinski definition) is 1. The van der Waals surface area contributed by atoms with Crippen molar-refractivity contribution in [1.29, 1.82) is 0 Å². The largest absolute Gasteiger partial charge is 0.378 e. The third-order valence-corrected chi connectivity index (χ3v) is 3.30. The molecule has 1 aromatic carbocycles. The van der Waals surface area contributed by atoms with E-state index in [-0.39, 0.29) is 5.91 Å². The van der Waals surface area contributed by atoms with Gasteiger partial charge in [-0.15, -0.1) is 0 Å². The highest BCUT2D eigenvalue weighted by molar-refractivity contribution is 6.30. The van der Waals surface area contributed by atoms with Crippen molar-refractivity contribution in [2.75, 3.05) is 13.1 Å². The van der Waals surface area contributed by atoms with Gasteiger partial charge in [0.05, 0.1) is 0 Å². The summed E-state index contributed by atoms with van der Waals surface area (Å²) in [5, 5.41) is 10.6. The number of aliphatic hydroxyl groups is 1. The second-order valence-electron chi connectivity index (χ2n) is 4.34. The number of aliphatic hydroxyl groups excluding tert-OH is 1. The van der Waals surface area contributed by atoms with Crippen molar-refractivity contribution in [3.63, 3.8) is 0 Å². The predicted molar refractivity (Wildman–Crippen MR) is 66.8 cm³/mol. The number of amides is 1. The quantitative estimate of drug-likeness (QED) is 0.879. The maximum Gasteiger partial charge on any atom is 0.256 e. The molecule has 1 amide bonds. The Morgan fingerprint density at radius 3 is 2.65 bits per heavy atom. The third kappa shape index (κ3) is 2.99. The summed E-state index contributed by atoms with van der Waals surface area (Å²) in [5.41, 5.74) is 0.563. The molecule has 1 saturated heterocycles. The summed E-state index contributed by atoms with van der Waals surface area (Å²) in [4.78, 5) is 13.8. The van der Waals surface area contributed by atoms with E-state index in [1.165, 1.54) is 0 Å². The van der Waals surface area contributed by atoms with Crippen LogP contribution < -0.4 is 0 Å². The molecule has 17 heavy (non-hydrogen) atoms. The SMILES string of the molecule is O=C(C(O)c1cccc(Cl)c1)N1CCCCC1. The van der Waals surface area contributed by atoms with Crippen LogP contribution >= 0.6 is 11.6 Å². The van der Waals surface area contributed by atoms with Gasteiger partial charge in [-0.25, -0.2) is 0 Å². The summed E-state index contributed by atoms with van der Waals surface area (Å²) in [6.45, 7) is 1.49. The highest BCUT2D eigenvalue weighted by Gasteiger charge is 2.24. The summed E-state index contributed by atoms with van der Waals surface area (Å²) in [7, 11) is 0. The predicted octanol–water partition coefficient (Wildman–Crippen LogP) is 2.39. The van der Waals surface area contributed by atoms with E-state index in [0.29, 0.717) is 10.6 Å². The molecule has 3 nitrogen and oxygen atoms in total.